The van der Waals surface area contributed by atoms with Crippen LogP contribution in [0.5, 0.6) is 0 Å². The lowest BCUT2D eigenvalue weighted by Gasteiger charge is -2.33. The number of thiazole rings is 1. The van der Waals surface area contributed by atoms with Gasteiger partial charge in [-0.25, -0.2) is 4.98 Å². The Morgan fingerprint density at radius 2 is 2.06 bits per heavy atom. The highest BCUT2D eigenvalue weighted by Gasteiger charge is 2.29. The van der Waals surface area contributed by atoms with E-state index < -0.39 is 0 Å². The van der Waals surface area contributed by atoms with Crippen molar-refractivity contribution >= 4 is 11.3 Å². The first-order chi connectivity index (χ1) is 8.64. The van der Waals surface area contributed by atoms with Crippen molar-refractivity contribution in [2.24, 2.45) is 5.41 Å². The maximum absolute atomic E-state index is 4.92. The van der Waals surface area contributed by atoms with E-state index in [-0.39, 0.29) is 0 Å². The molecule has 1 aromatic heterocycles. The van der Waals surface area contributed by atoms with E-state index in [0.717, 1.165) is 12.5 Å². The SMILES string of the molecule is CC1(C)CCC(c2nc(C3CCCN3)cs2)CC1. The van der Waals surface area contributed by atoms with E-state index >= 15 is 0 Å². The topological polar surface area (TPSA) is 24.9 Å². The average Bonchev–Trinajstić information content (AvgIpc) is 2.99. The molecule has 1 atom stereocenters. The second-order valence-electron chi connectivity index (χ2n) is 6.70. The van der Waals surface area contributed by atoms with Gasteiger partial charge in [0.1, 0.15) is 0 Å². The second kappa shape index (κ2) is 4.93. The molecule has 1 N–H and O–H groups in total. The summed E-state index contributed by atoms with van der Waals surface area (Å²) in [5.41, 5.74) is 1.86. The Bertz CT molecular complexity index is 394. The molecule has 1 saturated heterocycles. The van der Waals surface area contributed by atoms with Crippen molar-refractivity contribution < 1.29 is 0 Å². The van der Waals surface area contributed by atoms with Crippen LogP contribution in [0.1, 0.15) is 75.0 Å². The van der Waals surface area contributed by atoms with Crippen LogP contribution in [0.4, 0.5) is 0 Å². The zero-order valence-corrected chi connectivity index (χ0v) is 12.4. The Labute approximate surface area is 114 Å². The fourth-order valence-electron chi connectivity index (χ4n) is 3.23. The minimum atomic E-state index is 0.537. The molecule has 1 aliphatic heterocycles. The number of nitrogens with zero attached hydrogens (tertiary/aromatic N) is 1. The number of rotatable bonds is 2. The molecule has 2 fully saturated rings. The van der Waals surface area contributed by atoms with E-state index in [4.69, 9.17) is 4.98 Å². The lowest BCUT2D eigenvalue weighted by Crippen LogP contribution is -2.20. The number of aromatic nitrogens is 1. The summed E-state index contributed by atoms with van der Waals surface area (Å²) in [5, 5.41) is 7.23. The minimum absolute atomic E-state index is 0.537. The van der Waals surface area contributed by atoms with Crippen LogP contribution in [0.15, 0.2) is 5.38 Å². The molecule has 0 spiro atoms. The van der Waals surface area contributed by atoms with Gasteiger partial charge in [0.15, 0.2) is 0 Å². The highest BCUT2D eigenvalue weighted by Crippen LogP contribution is 2.43. The second-order valence-corrected chi connectivity index (χ2v) is 7.59. The Kier molecular flexibility index (Phi) is 3.46. The average molecular weight is 264 g/mol. The zero-order chi connectivity index (χ0) is 12.6. The molecule has 2 aliphatic rings. The minimum Gasteiger partial charge on any atom is -0.309 e. The first-order valence-electron chi connectivity index (χ1n) is 7.33. The van der Waals surface area contributed by atoms with Crippen LogP contribution in [-0.2, 0) is 0 Å². The number of hydrogen-bond donors (Lipinski definition) is 1. The van der Waals surface area contributed by atoms with E-state index in [9.17, 15) is 0 Å². The lowest BCUT2D eigenvalue weighted by molar-refractivity contribution is 0.224. The maximum atomic E-state index is 4.92. The largest absolute Gasteiger partial charge is 0.309 e. The summed E-state index contributed by atoms with van der Waals surface area (Å²) in [6.45, 7) is 5.97. The van der Waals surface area contributed by atoms with Gasteiger partial charge in [0.25, 0.3) is 0 Å². The molecule has 0 radical (unpaired) electrons. The highest BCUT2D eigenvalue weighted by atomic mass is 32.1. The summed E-state index contributed by atoms with van der Waals surface area (Å²) in [4.78, 5) is 4.92. The van der Waals surface area contributed by atoms with Gasteiger partial charge in [-0.3, -0.25) is 0 Å². The first kappa shape index (κ1) is 12.6. The van der Waals surface area contributed by atoms with Crippen LogP contribution >= 0.6 is 11.3 Å². The molecular formula is C15H24N2S. The summed E-state index contributed by atoms with van der Waals surface area (Å²) in [6.07, 6.45) is 7.94. The van der Waals surface area contributed by atoms with Crippen molar-refractivity contribution in [3.8, 4) is 0 Å². The Morgan fingerprint density at radius 1 is 1.28 bits per heavy atom. The number of nitrogens with one attached hydrogen (secondary N) is 1. The fourth-order valence-corrected chi connectivity index (χ4v) is 4.28. The van der Waals surface area contributed by atoms with Crippen LogP contribution < -0.4 is 5.32 Å². The van der Waals surface area contributed by atoms with Crippen molar-refractivity contribution in [1.29, 1.82) is 0 Å². The molecule has 0 bridgehead atoms. The van der Waals surface area contributed by atoms with Gasteiger partial charge in [0.2, 0.25) is 0 Å². The molecule has 1 aromatic rings. The van der Waals surface area contributed by atoms with E-state index in [1.54, 1.807) is 0 Å². The monoisotopic (exact) mass is 264 g/mol. The van der Waals surface area contributed by atoms with E-state index in [1.807, 2.05) is 11.3 Å². The summed E-state index contributed by atoms with van der Waals surface area (Å²) >= 11 is 1.89. The van der Waals surface area contributed by atoms with Crippen molar-refractivity contribution in [1.82, 2.24) is 10.3 Å². The zero-order valence-electron chi connectivity index (χ0n) is 11.5. The maximum Gasteiger partial charge on any atom is 0.0959 e. The smallest absolute Gasteiger partial charge is 0.0959 e. The molecule has 0 amide bonds. The Hall–Kier alpha value is -0.410. The van der Waals surface area contributed by atoms with Crippen LogP contribution in [0.3, 0.4) is 0 Å². The summed E-state index contributed by atoms with van der Waals surface area (Å²) < 4.78 is 0. The predicted octanol–water partition coefficient (Wildman–Crippen LogP) is 4.25. The normalized spacial score (nSPS) is 28.7. The Balaban J connectivity index is 1.66. The van der Waals surface area contributed by atoms with E-state index in [0.29, 0.717) is 11.5 Å². The van der Waals surface area contributed by atoms with Crippen LogP contribution in [0.2, 0.25) is 0 Å². The third-order valence-corrected chi connectivity index (χ3v) is 5.67. The van der Waals surface area contributed by atoms with E-state index in [1.165, 1.54) is 49.2 Å². The summed E-state index contributed by atoms with van der Waals surface area (Å²) in [7, 11) is 0. The third-order valence-electron chi connectivity index (χ3n) is 4.65. The molecule has 3 heteroatoms. The fraction of sp³-hybridized carbons (Fsp3) is 0.800. The molecule has 3 rings (SSSR count). The van der Waals surface area contributed by atoms with Crippen molar-refractivity contribution in [3.63, 3.8) is 0 Å². The van der Waals surface area contributed by atoms with Gasteiger partial charge in [-0.05, 0) is 50.5 Å². The molecule has 1 unspecified atom stereocenters. The van der Waals surface area contributed by atoms with Crippen LogP contribution in [0, 0.1) is 5.41 Å². The van der Waals surface area contributed by atoms with Gasteiger partial charge in [-0.1, -0.05) is 13.8 Å². The third kappa shape index (κ3) is 2.62. The van der Waals surface area contributed by atoms with Gasteiger partial charge in [0, 0.05) is 11.3 Å². The van der Waals surface area contributed by atoms with Gasteiger partial charge in [0.05, 0.1) is 16.7 Å². The summed E-state index contributed by atoms with van der Waals surface area (Å²) in [6, 6.07) is 0.537. The molecule has 1 aliphatic carbocycles. The van der Waals surface area contributed by atoms with Crippen molar-refractivity contribution in [3.05, 3.63) is 16.1 Å². The highest BCUT2D eigenvalue weighted by molar-refractivity contribution is 7.09. The molecule has 2 nitrogen and oxygen atoms in total. The number of hydrogen-bond acceptors (Lipinski definition) is 3. The van der Waals surface area contributed by atoms with E-state index in [2.05, 4.69) is 24.5 Å². The summed E-state index contributed by atoms with van der Waals surface area (Å²) in [5.74, 6) is 0.734. The molecule has 2 heterocycles. The van der Waals surface area contributed by atoms with Crippen molar-refractivity contribution in [2.45, 2.75) is 64.3 Å². The quantitative estimate of drug-likeness (QED) is 0.863. The molecule has 0 aromatic carbocycles. The van der Waals surface area contributed by atoms with Crippen LogP contribution in [-0.4, -0.2) is 11.5 Å². The lowest BCUT2D eigenvalue weighted by atomic mass is 9.73. The molecular weight excluding hydrogens is 240 g/mol. The molecule has 18 heavy (non-hydrogen) atoms. The van der Waals surface area contributed by atoms with Crippen molar-refractivity contribution in [2.75, 3.05) is 6.54 Å². The van der Waals surface area contributed by atoms with Crippen LogP contribution in [0.25, 0.3) is 0 Å². The first-order valence-corrected chi connectivity index (χ1v) is 8.21. The van der Waals surface area contributed by atoms with Gasteiger partial charge < -0.3 is 5.32 Å². The molecule has 100 valence electrons. The molecule has 1 saturated carbocycles. The van der Waals surface area contributed by atoms with Gasteiger partial charge in [-0.15, -0.1) is 11.3 Å². The Morgan fingerprint density at radius 3 is 2.72 bits per heavy atom. The standard InChI is InChI=1S/C15H24N2S/c1-15(2)7-5-11(6-8-15)14-17-13(10-18-14)12-4-3-9-16-12/h10-12,16H,3-9H2,1-2H3. The van der Waals surface area contributed by atoms with Gasteiger partial charge in [-0.2, -0.15) is 0 Å². The predicted molar refractivity (Wildman–Crippen MR) is 77.1 cm³/mol. The van der Waals surface area contributed by atoms with Gasteiger partial charge >= 0.3 is 0 Å².